The van der Waals surface area contributed by atoms with Crippen LogP contribution in [0.2, 0.25) is 39.3 Å². The average molecular weight is 411 g/mol. The Morgan fingerprint density at radius 1 is 1.07 bits per heavy atom. The Morgan fingerprint density at radius 3 is 2.04 bits per heavy atom. The highest BCUT2D eigenvalue weighted by Crippen LogP contribution is 2.19. The van der Waals surface area contributed by atoms with Crippen molar-refractivity contribution in [3.8, 4) is 5.75 Å². The van der Waals surface area contributed by atoms with Crippen LogP contribution in [0.3, 0.4) is 0 Å². The van der Waals surface area contributed by atoms with E-state index < -0.39 is 16.6 Å². The molecule has 0 saturated carbocycles. The summed E-state index contributed by atoms with van der Waals surface area (Å²) in [4.78, 5) is 11.0. The van der Waals surface area contributed by atoms with E-state index in [1.54, 1.807) is 0 Å². The average Bonchev–Trinajstić information content (AvgIpc) is 2.48. The number of hydrogen-bond donors (Lipinski definition) is 1. The predicted molar refractivity (Wildman–Crippen MR) is 118 cm³/mol. The molecule has 1 rings (SSSR count). The molecule has 0 saturated heterocycles. The minimum Gasteiger partial charge on any atom is -0.491 e. The summed E-state index contributed by atoms with van der Waals surface area (Å²) in [7, 11) is -3.14. The molecule has 5 nitrogen and oxygen atoms in total. The van der Waals surface area contributed by atoms with Gasteiger partial charge in [-0.05, 0) is 43.4 Å². The summed E-state index contributed by atoms with van der Waals surface area (Å²) in [5.41, 5.74) is 6.14. The molecule has 154 valence electrons. The van der Waals surface area contributed by atoms with Crippen LogP contribution in [0.15, 0.2) is 24.3 Å². The van der Waals surface area contributed by atoms with E-state index in [4.69, 9.17) is 14.9 Å². The van der Waals surface area contributed by atoms with Gasteiger partial charge in [0.05, 0.1) is 12.5 Å². The van der Waals surface area contributed by atoms with Crippen LogP contribution in [0.5, 0.6) is 5.75 Å². The molecule has 0 fully saturated rings. The van der Waals surface area contributed by atoms with Crippen LogP contribution in [-0.4, -0.2) is 52.3 Å². The molecule has 0 aliphatic heterocycles. The maximum Gasteiger partial charge on any atom is 0.221 e. The minimum atomic E-state index is -1.69. The number of hydrogen-bond acceptors (Lipinski definition) is 4. The molecule has 0 spiro atoms. The van der Waals surface area contributed by atoms with E-state index in [0.29, 0.717) is 12.6 Å². The van der Waals surface area contributed by atoms with Gasteiger partial charge < -0.3 is 19.5 Å². The summed E-state index contributed by atoms with van der Waals surface area (Å²) in [5.74, 6) is 0.462. The first-order valence-electron chi connectivity index (χ1n) is 9.72. The Balaban J connectivity index is 2.81. The van der Waals surface area contributed by atoms with Gasteiger partial charge >= 0.3 is 0 Å². The fourth-order valence-electron chi connectivity index (χ4n) is 3.20. The van der Waals surface area contributed by atoms with Crippen molar-refractivity contribution in [3.05, 3.63) is 29.8 Å². The van der Waals surface area contributed by atoms with Gasteiger partial charge in [-0.1, -0.05) is 45.6 Å². The Bertz CT molecular complexity index is 593. The predicted octanol–water partition coefficient (Wildman–Crippen LogP) is 3.86. The van der Waals surface area contributed by atoms with E-state index in [1.807, 2.05) is 24.3 Å². The first-order valence-corrected chi connectivity index (χ1v) is 16.6. The fraction of sp³-hybridized carbons (Fsp3) is 0.650. The lowest BCUT2D eigenvalue weighted by atomic mass is 10.1. The van der Waals surface area contributed by atoms with Gasteiger partial charge in [-0.3, -0.25) is 4.79 Å². The fourth-order valence-corrected chi connectivity index (χ4v) is 6.64. The monoisotopic (exact) mass is 410 g/mol. The van der Waals surface area contributed by atoms with E-state index in [1.165, 1.54) is 0 Å². The second-order valence-corrected chi connectivity index (χ2v) is 18.7. The maximum absolute atomic E-state index is 11.0. The third-order valence-corrected chi connectivity index (χ3v) is 7.61. The normalized spacial score (nSPS) is 13.9. The standard InChI is InChI=1S/C20H38N2O3Si2/c1-16(2)22(26(3,4)5)14-19(25-27(6,7)8)15-24-18-11-9-17(10-12-18)13-20(21)23/h9-12,16,19H,13-15H2,1-8H3,(H2,21,23). The molecule has 1 aromatic rings. The number of amides is 1. The first-order chi connectivity index (χ1) is 12.3. The van der Waals surface area contributed by atoms with E-state index in [9.17, 15) is 4.79 Å². The first kappa shape index (κ1) is 23.9. The molecule has 27 heavy (non-hydrogen) atoms. The number of nitrogens with two attached hydrogens (primary N) is 1. The zero-order valence-electron chi connectivity index (χ0n) is 18.3. The van der Waals surface area contributed by atoms with Crippen molar-refractivity contribution in [2.45, 2.75) is 71.7 Å². The van der Waals surface area contributed by atoms with Crippen molar-refractivity contribution in [1.29, 1.82) is 0 Å². The lowest BCUT2D eigenvalue weighted by molar-refractivity contribution is -0.117. The molecule has 0 aliphatic rings. The number of ether oxygens (including phenoxy) is 1. The molecule has 7 heteroatoms. The Labute approximate surface area is 167 Å². The highest BCUT2D eigenvalue weighted by Gasteiger charge is 2.31. The van der Waals surface area contributed by atoms with Gasteiger partial charge in [0.15, 0.2) is 8.32 Å². The highest BCUT2D eigenvalue weighted by atomic mass is 28.4. The van der Waals surface area contributed by atoms with Crippen molar-refractivity contribution < 1.29 is 14.0 Å². The van der Waals surface area contributed by atoms with Crippen molar-refractivity contribution in [1.82, 2.24) is 4.57 Å². The molecule has 0 heterocycles. The van der Waals surface area contributed by atoms with Crippen LogP contribution in [0.4, 0.5) is 0 Å². The van der Waals surface area contributed by atoms with Gasteiger partial charge in [-0.25, -0.2) is 0 Å². The molecule has 0 aromatic heterocycles. The third-order valence-electron chi connectivity index (χ3n) is 4.14. The van der Waals surface area contributed by atoms with Gasteiger partial charge in [0.1, 0.15) is 20.6 Å². The Kier molecular flexibility index (Phi) is 8.72. The van der Waals surface area contributed by atoms with Crippen LogP contribution >= 0.6 is 0 Å². The largest absolute Gasteiger partial charge is 0.491 e. The lowest BCUT2D eigenvalue weighted by Gasteiger charge is -2.41. The molecule has 1 atom stereocenters. The van der Waals surface area contributed by atoms with E-state index in [2.05, 4.69) is 57.7 Å². The molecule has 1 amide bonds. The van der Waals surface area contributed by atoms with Crippen molar-refractivity contribution >= 4 is 22.5 Å². The van der Waals surface area contributed by atoms with E-state index >= 15 is 0 Å². The molecular formula is C20H38N2O3Si2. The molecule has 2 N–H and O–H groups in total. The molecule has 0 aliphatic carbocycles. The lowest BCUT2D eigenvalue weighted by Crippen LogP contribution is -2.55. The zero-order chi connectivity index (χ0) is 20.8. The number of primary amides is 1. The highest BCUT2D eigenvalue weighted by molar-refractivity contribution is 6.73. The van der Waals surface area contributed by atoms with Gasteiger partial charge in [-0.15, -0.1) is 0 Å². The van der Waals surface area contributed by atoms with Crippen molar-refractivity contribution in [3.63, 3.8) is 0 Å². The molecule has 1 unspecified atom stereocenters. The SMILES string of the molecule is CC(C)N(CC(COc1ccc(CC(N)=O)cc1)O[Si](C)(C)C)[Si](C)(C)C. The summed E-state index contributed by atoms with van der Waals surface area (Å²) in [5, 5.41) is 0. The topological polar surface area (TPSA) is 64.8 Å². The number of benzene rings is 1. The summed E-state index contributed by atoms with van der Waals surface area (Å²) in [6.07, 6.45) is 0.289. The summed E-state index contributed by atoms with van der Waals surface area (Å²) < 4.78 is 15.1. The smallest absolute Gasteiger partial charge is 0.221 e. The van der Waals surface area contributed by atoms with Gasteiger partial charge in [-0.2, -0.15) is 0 Å². The quantitative estimate of drug-likeness (QED) is 0.563. The molecule has 0 radical (unpaired) electrons. The molecule has 0 bridgehead atoms. The second-order valence-electron chi connectivity index (χ2n) is 9.37. The van der Waals surface area contributed by atoms with Crippen LogP contribution in [0.1, 0.15) is 19.4 Å². The van der Waals surface area contributed by atoms with Crippen molar-refractivity contribution in [2.24, 2.45) is 5.73 Å². The van der Waals surface area contributed by atoms with Gasteiger partial charge in [0, 0.05) is 6.54 Å². The Morgan fingerprint density at radius 2 is 1.63 bits per heavy atom. The third kappa shape index (κ3) is 9.55. The van der Waals surface area contributed by atoms with Crippen LogP contribution in [0, 0.1) is 0 Å². The number of carbonyl (C=O) groups is 1. The van der Waals surface area contributed by atoms with E-state index in [0.717, 1.165) is 17.9 Å². The molecule has 1 aromatic carbocycles. The van der Waals surface area contributed by atoms with Crippen LogP contribution in [-0.2, 0) is 15.6 Å². The zero-order valence-corrected chi connectivity index (χ0v) is 20.3. The minimum absolute atomic E-state index is 0.0380. The van der Waals surface area contributed by atoms with E-state index in [-0.39, 0.29) is 18.4 Å². The second kappa shape index (κ2) is 9.86. The molecular weight excluding hydrogens is 372 g/mol. The van der Waals surface area contributed by atoms with Crippen LogP contribution in [0.25, 0.3) is 0 Å². The van der Waals surface area contributed by atoms with Gasteiger partial charge in [0.25, 0.3) is 0 Å². The van der Waals surface area contributed by atoms with Crippen molar-refractivity contribution in [2.75, 3.05) is 13.2 Å². The number of nitrogens with zero attached hydrogens (tertiary/aromatic N) is 1. The summed E-state index contributed by atoms with van der Waals surface area (Å²) in [6.45, 7) is 19.7. The maximum atomic E-state index is 11.0. The summed E-state index contributed by atoms with van der Waals surface area (Å²) in [6, 6.07) is 8.04. The van der Waals surface area contributed by atoms with Gasteiger partial charge in [0.2, 0.25) is 5.91 Å². The van der Waals surface area contributed by atoms with Crippen LogP contribution < -0.4 is 10.5 Å². The number of rotatable bonds is 11. The summed E-state index contributed by atoms with van der Waals surface area (Å²) >= 11 is 0. The Hall–Kier alpha value is -1.16. The number of carbonyl (C=O) groups excluding carboxylic acids is 1.